The van der Waals surface area contributed by atoms with E-state index < -0.39 is 0 Å². The highest BCUT2D eigenvalue weighted by molar-refractivity contribution is 5.38. The third-order valence-corrected chi connectivity index (χ3v) is 3.08. The number of nitrogens with two attached hydrogens (primary N) is 1. The second-order valence-corrected chi connectivity index (χ2v) is 4.69. The van der Waals surface area contributed by atoms with Gasteiger partial charge in [0.15, 0.2) is 0 Å². The number of benzene rings is 1. The molecular weight excluding hydrogens is 212 g/mol. The van der Waals surface area contributed by atoms with Gasteiger partial charge >= 0.3 is 0 Å². The van der Waals surface area contributed by atoms with Gasteiger partial charge in [-0.05, 0) is 44.6 Å². The monoisotopic (exact) mass is 236 g/mol. The van der Waals surface area contributed by atoms with Gasteiger partial charge in [-0.25, -0.2) is 0 Å². The van der Waals surface area contributed by atoms with Gasteiger partial charge in [0.05, 0.1) is 7.11 Å². The first-order valence-electron chi connectivity index (χ1n) is 6.10. The normalized spacial score (nSPS) is 14.8. The number of ether oxygens (including phenoxy) is 1. The van der Waals surface area contributed by atoms with Crippen LogP contribution in [0.25, 0.3) is 0 Å². The van der Waals surface area contributed by atoms with Crippen molar-refractivity contribution in [3.63, 3.8) is 0 Å². The standard InChI is InChI=1S/C14H24N2O/c1-6-11-9-12(7-8-13(11)17-5)14(10(2)15)16(3)4/h7-10,14H,6,15H2,1-5H3. The summed E-state index contributed by atoms with van der Waals surface area (Å²) in [4.78, 5) is 2.16. The van der Waals surface area contributed by atoms with E-state index in [1.165, 1.54) is 11.1 Å². The minimum absolute atomic E-state index is 0.100. The molecule has 3 nitrogen and oxygen atoms in total. The second-order valence-electron chi connectivity index (χ2n) is 4.69. The number of aryl methyl sites for hydroxylation is 1. The minimum atomic E-state index is 0.100. The van der Waals surface area contributed by atoms with Crippen molar-refractivity contribution in [2.45, 2.75) is 32.4 Å². The van der Waals surface area contributed by atoms with Crippen LogP contribution in [0.1, 0.15) is 31.0 Å². The fraction of sp³-hybridized carbons (Fsp3) is 0.571. The first-order valence-corrected chi connectivity index (χ1v) is 6.10. The Morgan fingerprint density at radius 3 is 2.41 bits per heavy atom. The number of likely N-dealkylation sites (N-methyl/N-ethyl adjacent to an activating group) is 1. The van der Waals surface area contributed by atoms with Crippen molar-refractivity contribution in [3.8, 4) is 5.75 Å². The third-order valence-electron chi connectivity index (χ3n) is 3.08. The molecule has 1 aromatic carbocycles. The first kappa shape index (κ1) is 14.0. The molecule has 2 unspecified atom stereocenters. The lowest BCUT2D eigenvalue weighted by Crippen LogP contribution is -2.35. The van der Waals surface area contributed by atoms with Crippen molar-refractivity contribution in [1.82, 2.24) is 4.90 Å². The lowest BCUT2D eigenvalue weighted by molar-refractivity contribution is 0.266. The van der Waals surface area contributed by atoms with Gasteiger partial charge in [0.25, 0.3) is 0 Å². The van der Waals surface area contributed by atoms with E-state index in [0.29, 0.717) is 0 Å². The molecule has 0 bridgehead atoms. The number of nitrogens with zero attached hydrogens (tertiary/aromatic N) is 1. The Kier molecular flexibility index (Phi) is 4.97. The van der Waals surface area contributed by atoms with E-state index in [1.54, 1.807) is 7.11 Å². The van der Waals surface area contributed by atoms with Crippen molar-refractivity contribution in [2.75, 3.05) is 21.2 Å². The summed E-state index contributed by atoms with van der Waals surface area (Å²) in [5.74, 6) is 0.957. The van der Waals surface area contributed by atoms with E-state index in [0.717, 1.165) is 12.2 Å². The number of methoxy groups -OCH3 is 1. The fourth-order valence-electron chi connectivity index (χ4n) is 2.33. The third kappa shape index (κ3) is 3.20. The van der Waals surface area contributed by atoms with Crippen molar-refractivity contribution in [3.05, 3.63) is 29.3 Å². The van der Waals surface area contributed by atoms with Gasteiger partial charge in [0, 0.05) is 12.1 Å². The molecule has 0 aromatic heterocycles. The summed E-state index contributed by atoms with van der Waals surface area (Å²) < 4.78 is 5.35. The lowest BCUT2D eigenvalue weighted by Gasteiger charge is -2.28. The topological polar surface area (TPSA) is 38.5 Å². The molecule has 0 fully saturated rings. The van der Waals surface area contributed by atoms with E-state index in [1.807, 2.05) is 13.0 Å². The van der Waals surface area contributed by atoms with E-state index in [4.69, 9.17) is 10.5 Å². The summed E-state index contributed by atoms with van der Waals surface area (Å²) in [7, 11) is 5.83. The minimum Gasteiger partial charge on any atom is -0.496 e. The zero-order valence-corrected chi connectivity index (χ0v) is 11.5. The Balaban J connectivity index is 3.13. The summed E-state index contributed by atoms with van der Waals surface area (Å²) >= 11 is 0. The van der Waals surface area contributed by atoms with Crippen LogP contribution in [-0.2, 0) is 6.42 Å². The average molecular weight is 236 g/mol. The summed E-state index contributed by atoms with van der Waals surface area (Å²) in [6.07, 6.45) is 0.968. The number of hydrogen-bond donors (Lipinski definition) is 1. The lowest BCUT2D eigenvalue weighted by atomic mass is 9.97. The van der Waals surface area contributed by atoms with Gasteiger partial charge in [0.1, 0.15) is 5.75 Å². The van der Waals surface area contributed by atoms with E-state index in [9.17, 15) is 0 Å². The SMILES string of the molecule is CCc1cc(C(C(C)N)N(C)C)ccc1OC. The maximum atomic E-state index is 6.06. The van der Waals surface area contributed by atoms with E-state index in [2.05, 4.69) is 38.1 Å². The Bertz CT molecular complexity index is 353. The zero-order chi connectivity index (χ0) is 13.0. The summed E-state index contributed by atoms with van der Waals surface area (Å²) in [6.45, 7) is 4.18. The second kappa shape index (κ2) is 6.03. The molecular formula is C14H24N2O. The Morgan fingerprint density at radius 2 is 2.00 bits per heavy atom. The maximum Gasteiger partial charge on any atom is 0.122 e. The maximum absolute atomic E-state index is 6.06. The van der Waals surface area contributed by atoms with Crippen LogP contribution in [0, 0.1) is 0 Å². The first-order chi connectivity index (χ1) is 8.01. The zero-order valence-electron chi connectivity index (χ0n) is 11.5. The van der Waals surface area contributed by atoms with Crippen LogP contribution in [-0.4, -0.2) is 32.1 Å². The molecule has 96 valence electrons. The van der Waals surface area contributed by atoms with Crippen LogP contribution in [0.15, 0.2) is 18.2 Å². The Morgan fingerprint density at radius 1 is 1.35 bits per heavy atom. The summed E-state index contributed by atoms with van der Waals surface area (Å²) in [5, 5.41) is 0. The van der Waals surface area contributed by atoms with Gasteiger partial charge in [0.2, 0.25) is 0 Å². The largest absolute Gasteiger partial charge is 0.496 e. The van der Waals surface area contributed by atoms with Crippen LogP contribution in [0.5, 0.6) is 5.75 Å². The van der Waals surface area contributed by atoms with Crippen LogP contribution in [0.4, 0.5) is 0 Å². The highest BCUT2D eigenvalue weighted by Gasteiger charge is 2.19. The van der Waals surface area contributed by atoms with Gasteiger partial charge in [-0.2, -0.15) is 0 Å². The van der Waals surface area contributed by atoms with Gasteiger partial charge < -0.3 is 15.4 Å². The van der Waals surface area contributed by atoms with Crippen LogP contribution in [0.3, 0.4) is 0 Å². The highest BCUT2D eigenvalue weighted by Crippen LogP contribution is 2.27. The molecule has 0 aliphatic heterocycles. The molecule has 1 rings (SSSR count). The fourth-order valence-corrected chi connectivity index (χ4v) is 2.33. The summed E-state index contributed by atoms with van der Waals surface area (Å²) in [5.41, 5.74) is 8.55. The molecule has 0 radical (unpaired) electrons. The molecule has 2 atom stereocenters. The highest BCUT2D eigenvalue weighted by atomic mass is 16.5. The summed E-state index contributed by atoms with van der Waals surface area (Å²) in [6, 6.07) is 6.68. The molecule has 2 N–H and O–H groups in total. The smallest absolute Gasteiger partial charge is 0.122 e. The van der Waals surface area contributed by atoms with Crippen molar-refractivity contribution in [2.24, 2.45) is 5.73 Å². The molecule has 0 heterocycles. The molecule has 1 aromatic rings. The molecule has 0 aliphatic carbocycles. The molecule has 0 saturated heterocycles. The molecule has 0 saturated carbocycles. The average Bonchev–Trinajstić information content (AvgIpc) is 2.27. The molecule has 3 heteroatoms. The van der Waals surface area contributed by atoms with E-state index >= 15 is 0 Å². The van der Waals surface area contributed by atoms with Crippen LogP contribution in [0.2, 0.25) is 0 Å². The van der Waals surface area contributed by atoms with Crippen LogP contribution >= 0.6 is 0 Å². The van der Waals surface area contributed by atoms with E-state index in [-0.39, 0.29) is 12.1 Å². The van der Waals surface area contributed by atoms with Gasteiger partial charge in [-0.15, -0.1) is 0 Å². The van der Waals surface area contributed by atoms with Crippen LogP contribution < -0.4 is 10.5 Å². The number of hydrogen-bond acceptors (Lipinski definition) is 3. The van der Waals surface area contributed by atoms with Crippen molar-refractivity contribution in [1.29, 1.82) is 0 Å². The predicted octanol–water partition coefficient (Wildman–Crippen LogP) is 2.21. The Hall–Kier alpha value is -1.06. The van der Waals surface area contributed by atoms with Crippen molar-refractivity contribution < 1.29 is 4.74 Å². The molecule has 0 aliphatic rings. The predicted molar refractivity (Wildman–Crippen MR) is 72.4 cm³/mol. The number of rotatable bonds is 5. The molecule has 17 heavy (non-hydrogen) atoms. The van der Waals surface area contributed by atoms with Gasteiger partial charge in [-0.3, -0.25) is 0 Å². The van der Waals surface area contributed by atoms with Crippen molar-refractivity contribution >= 4 is 0 Å². The molecule has 0 spiro atoms. The Labute approximate surface area is 105 Å². The molecule has 0 amide bonds. The van der Waals surface area contributed by atoms with Gasteiger partial charge in [-0.1, -0.05) is 19.1 Å². The quantitative estimate of drug-likeness (QED) is 0.852.